The van der Waals surface area contributed by atoms with E-state index in [0.29, 0.717) is 5.75 Å². The van der Waals surface area contributed by atoms with Gasteiger partial charge in [0.2, 0.25) is 0 Å². The van der Waals surface area contributed by atoms with Crippen molar-refractivity contribution in [1.29, 1.82) is 0 Å². The van der Waals surface area contributed by atoms with E-state index >= 15 is 0 Å². The Morgan fingerprint density at radius 2 is 1.04 bits per heavy atom. The first-order valence-electron chi connectivity index (χ1n) is 7.62. The normalized spacial score (nSPS) is 9.92. The molecule has 0 fully saturated rings. The van der Waals surface area contributed by atoms with Gasteiger partial charge in [-0.25, -0.2) is 0 Å². The molecule has 0 saturated heterocycles. The Morgan fingerprint density at radius 3 is 1.38 bits per heavy atom. The van der Waals surface area contributed by atoms with Crippen LogP contribution in [0.2, 0.25) is 0 Å². The minimum Gasteiger partial charge on any atom is -0.497 e. The molecule has 0 amide bonds. The highest BCUT2D eigenvalue weighted by atomic mass is 32.2. The van der Waals surface area contributed by atoms with Gasteiger partial charge in [0.25, 0.3) is 0 Å². The third kappa shape index (κ3) is 7.63. The van der Waals surface area contributed by atoms with Crippen molar-refractivity contribution in [3.05, 3.63) is 84.9 Å². The number of hydrogen-bond acceptors (Lipinski definition) is 4. The van der Waals surface area contributed by atoms with Crippen LogP contribution < -0.4 is 8.92 Å². The molecule has 0 N–H and O–H groups in total. The second-order valence-electron chi connectivity index (χ2n) is 5.20. The molecule has 0 saturated carbocycles. The van der Waals surface area contributed by atoms with Crippen LogP contribution in [-0.2, 0) is 10.1 Å². The van der Waals surface area contributed by atoms with E-state index in [2.05, 4.69) is 52.7 Å². The Bertz CT molecular complexity index is 825. The molecule has 0 bridgehead atoms. The van der Waals surface area contributed by atoms with Crippen LogP contribution in [0.25, 0.3) is 11.1 Å². The average molecular weight is 391 g/mol. The summed E-state index contributed by atoms with van der Waals surface area (Å²) in [5.74, 6) is 0.934. The number of rotatable bonds is 4. The van der Waals surface area contributed by atoms with E-state index in [1.54, 1.807) is 12.1 Å². The molecule has 3 rings (SSSR count). The maximum Gasteiger partial charge on any atom is 0.306 e. The highest BCUT2D eigenvalue weighted by molar-refractivity contribution is 7.86. The van der Waals surface area contributed by atoms with Crippen molar-refractivity contribution in [1.82, 2.24) is 0 Å². The summed E-state index contributed by atoms with van der Waals surface area (Å²) in [5, 5.41) is 0. The first-order valence-corrected chi connectivity index (χ1v) is 9.43. The lowest BCUT2D eigenvalue weighted by atomic mass is 10.1. The Balaban J connectivity index is 0.000000251. The Labute approximate surface area is 162 Å². The van der Waals surface area contributed by atoms with Gasteiger partial charge in [-0.2, -0.15) is 21.9 Å². The van der Waals surface area contributed by atoms with Crippen molar-refractivity contribution in [2.24, 2.45) is 0 Å². The molecule has 0 aliphatic rings. The molecule has 0 aliphatic heterocycles. The van der Waals surface area contributed by atoms with Crippen LogP contribution in [0, 0.1) is 0 Å². The van der Waals surface area contributed by atoms with Gasteiger partial charge in [-0.05, 0) is 35.4 Å². The van der Waals surface area contributed by atoms with Crippen LogP contribution in [0.5, 0.6) is 11.5 Å². The molecular formula is C20H22O4S2. The maximum absolute atomic E-state index is 10.7. The van der Waals surface area contributed by atoms with E-state index in [4.69, 9.17) is 4.74 Å². The quantitative estimate of drug-likeness (QED) is 0.616. The van der Waals surface area contributed by atoms with Gasteiger partial charge in [0.1, 0.15) is 11.5 Å². The van der Waals surface area contributed by atoms with Crippen molar-refractivity contribution in [3.8, 4) is 22.6 Å². The fourth-order valence-corrected chi connectivity index (χ4v) is 2.53. The van der Waals surface area contributed by atoms with Crippen molar-refractivity contribution in [2.45, 2.75) is 0 Å². The summed E-state index contributed by atoms with van der Waals surface area (Å²) in [4.78, 5) is 0. The van der Waals surface area contributed by atoms with E-state index in [-0.39, 0.29) is 19.2 Å². The van der Waals surface area contributed by atoms with Gasteiger partial charge >= 0.3 is 10.1 Å². The van der Waals surface area contributed by atoms with Gasteiger partial charge in [0.15, 0.2) is 0 Å². The number of methoxy groups -OCH3 is 1. The summed E-state index contributed by atoms with van der Waals surface area (Å²) < 4.78 is 30.9. The molecule has 0 aromatic heterocycles. The summed E-state index contributed by atoms with van der Waals surface area (Å²) in [6.07, 6.45) is 0.997. The molecule has 0 atom stereocenters. The molecular weight excluding hydrogens is 368 g/mol. The maximum atomic E-state index is 10.7. The van der Waals surface area contributed by atoms with E-state index in [1.807, 2.05) is 12.1 Å². The summed E-state index contributed by atoms with van der Waals surface area (Å²) >= 11 is 0. The molecule has 0 spiro atoms. The first-order chi connectivity index (χ1) is 12.0. The average Bonchev–Trinajstić information content (AvgIpc) is 2.63. The van der Waals surface area contributed by atoms with Crippen LogP contribution in [-0.4, -0.2) is 21.8 Å². The van der Waals surface area contributed by atoms with E-state index in [1.165, 1.54) is 30.4 Å². The number of hydrogen-bond donors (Lipinski definition) is 0. The summed E-state index contributed by atoms with van der Waals surface area (Å²) in [5.41, 5.74) is 2.55. The highest BCUT2D eigenvalue weighted by Gasteiger charge is 2.03. The SMILES string of the molecule is COc1ccc(OS(C)(=O)=O)cc1.S.c1ccc(-c2ccccc2)cc1. The van der Waals surface area contributed by atoms with Crippen molar-refractivity contribution in [3.63, 3.8) is 0 Å². The molecule has 0 aliphatic carbocycles. The summed E-state index contributed by atoms with van der Waals surface area (Å²) in [7, 11) is -1.90. The highest BCUT2D eigenvalue weighted by Crippen LogP contribution is 2.18. The zero-order valence-corrected chi connectivity index (χ0v) is 16.4. The standard InChI is InChI=1S/C12H10.C8H10O4S.H2S/c1-3-7-11(8-4-1)12-9-5-2-6-10-12;1-11-7-3-5-8(6-4-7)12-13(2,9)10;/h1-10H;3-6H,1-2H3;1H2. The lowest BCUT2D eigenvalue weighted by molar-refractivity contribution is 0.413. The summed E-state index contributed by atoms with van der Waals surface area (Å²) in [6.45, 7) is 0. The molecule has 6 heteroatoms. The molecule has 3 aromatic rings. The lowest BCUT2D eigenvalue weighted by Crippen LogP contribution is -2.05. The predicted octanol–water partition coefficient (Wildman–Crippen LogP) is 4.50. The monoisotopic (exact) mass is 390 g/mol. The van der Waals surface area contributed by atoms with E-state index in [9.17, 15) is 8.42 Å². The Morgan fingerprint density at radius 1 is 0.654 bits per heavy atom. The zero-order chi connectivity index (χ0) is 18.1. The fourth-order valence-electron chi connectivity index (χ4n) is 2.07. The lowest BCUT2D eigenvalue weighted by Gasteiger charge is -2.03. The van der Waals surface area contributed by atoms with Crippen molar-refractivity contribution >= 4 is 23.6 Å². The van der Waals surface area contributed by atoms with Crippen LogP contribution in [0.1, 0.15) is 0 Å². The molecule has 0 radical (unpaired) electrons. The van der Waals surface area contributed by atoms with Gasteiger partial charge in [-0.1, -0.05) is 60.7 Å². The number of benzene rings is 3. The van der Waals surface area contributed by atoms with Gasteiger partial charge in [-0.3, -0.25) is 0 Å². The second kappa shape index (κ2) is 10.5. The van der Waals surface area contributed by atoms with Gasteiger partial charge in [-0.15, -0.1) is 0 Å². The minimum absolute atomic E-state index is 0. The molecule has 0 heterocycles. The molecule has 3 aromatic carbocycles. The van der Waals surface area contributed by atoms with Crippen molar-refractivity contribution < 1.29 is 17.3 Å². The Hall–Kier alpha value is -2.44. The molecule has 138 valence electrons. The zero-order valence-electron chi connectivity index (χ0n) is 14.6. The van der Waals surface area contributed by atoms with Gasteiger partial charge < -0.3 is 8.92 Å². The predicted molar refractivity (Wildman–Crippen MR) is 111 cm³/mol. The fraction of sp³-hybridized carbons (Fsp3) is 0.100. The minimum atomic E-state index is -3.44. The third-order valence-corrected chi connectivity index (χ3v) is 3.68. The van der Waals surface area contributed by atoms with Crippen molar-refractivity contribution in [2.75, 3.05) is 13.4 Å². The number of ether oxygens (including phenoxy) is 1. The molecule has 26 heavy (non-hydrogen) atoms. The first kappa shape index (κ1) is 21.6. The third-order valence-electron chi connectivity index (χ3n) is 3.19. The van der Waals surface area contributed by atoms with Gasteiger partial charge in [0, 0.05) is 0 Å². The summed E-state index contributed by atoms with van der Waals surface area (Å²) in [6, 6.07) is 27.1. The Kier molecular flexibility index (Phi) is 8.75. The van der Waals surface area contributed by atoms with Crippen LogP contribution >= 0.6 is 13.5 Å². The van der Waals surface area contributed by atoms with Crippen LogP contribution in [0.3, 0.4) is 0 Å². The van der Waals surface area contributed by atoms with Crippen LogP contribution in [0.15, 0.2) is 84.9 Å². The topological polar surface area (TPSA) is 52.6 Å². The smallest absolute Gasteiger partial charge is 0.306 e. The van der Waals surface area contributed by atoms with E-state index < -0.39 is 10.1 Å². The van der Waals surface area contributed by atoms with Crippen LogP contribution in [0.4, 0.5) is 0 Å². The molecule has 4 nitrogen and oxygen atoms in total. The second-order valence-corrected chi connectivity index (χ2v) is 6.77. The van der Waals surface area contributed by atoms with Gasteiger partial charge in [0.05, 0.1) is 13.4 Å². The largest absolute Gasteiger partial charge is 0.497 e. The van der Waals surface area contributed by atoms with E-state index in [0.717, 1.165) is 6.26 Å². The molecule has 0 unspecified atom stereocenters.